The zero-order chi connectivity index (χ0) is 45.9. The first-order valence-corrected chi connectivity index (χ1v) is 21.5. The van der Waals surface area contributed by atoms with Gasteiger partial charge >= 0.3 is 11.9 Å². The fourth-order valence-electron chi connectivity index (χ4n) is 6.57. The SMILES string of the molecule is CCOC(=O)CCC(=O)c1cc2c(F)c(OCCCOc3c(OC)cc4c(c3F)CN(C(=O)C[C@H](C(=O)O)C(C)CNC(=O)CCOCCOCCOCCN)C4)c(OC)cc2s1. The second-order valence-corrected chi connectivity index (χ2v) is 15.5. The molecular weight excluding hydrogens is 853 g/mol. The Hall–Kier alpha value is -5.15. The average Bonchev–Trinajstić information content (AvgIpc) is 3.91. The second kappa shape index (κ2) is 25.8. The Morgan fingerprint density at radius 1 is 0.841 bits per heavy atom. The number of nitrogens with zero attached hydrogens (tertiary/aromatic N) is 1. The second-order valence-electron chi connectivity index (χ2n) is 14.4. The summed E-state index contributed by atoms with van der Waals surface area (Å²) in [5, 5.41) is 12.8. The number of ketones is 1. The quantitative estimate of drug-likeness (QED) is 0.0471. The van der Waals surface area contributed by atoms with E-state index in [2.05, 4.69) is 5.32 Å². The number of fused-ring (bicyclic) bond motifs is 2. The minimum absolute atomic E-state index is 0.0169. The number of carboxylic acids is 1. The van der Waals surface area contributed by atoms with Gasteiger partial charge in [-0.2, -0.15) is 0 Å². The number of amides is 2. The van der Waals surface area contributed by atoms with Gasteiger partial charge in [0, 0.05) is 73.6 Å². The van der Waals surface area contributed by atoms with E-state index in [-0.39, 0.29) is 135 Å². The summed E-state index contributed by atoms with van der Waals surface area (Å²) >= 11 is 1.07. The van der Waals surface area contributed by atoms with E-state index in [9.17, 15) is 29.1 Å². The summed E-state index contributed by atoms with van der Waals surface area (Å²) in [6.45, 7) is 5.77. The predicted octanol–water partition coefficient (Wildman–Crippen LogP) is 4.65. The molecule has 4 rings (SSSR count). The highest BCUT2D eigenvalue weighted by Crippen LogP contribution is 2.41. The Bertz CT molecular complexity index is 2030. The van der Waals surface area contributed by atoms with Crippen molar-refractivity contribution < 1.29 is 75.8 Å². The van der Waals surface area contributed by atoms with Crippen molar-refractivity contribution >= 4 is 51.0 Å². The summed E-state index contributed by atoms with van der Waals surface area (Å²) in [7, 11) is 2.69. The third-order valence-electron chi connectivity index (χ3n) is 9.98. The minimum Gasteiger partial charge on any atom is -0.493 e. The molecule has 3 aromatic rings. The maximum absolute atomic E-state index is 16.0. The van der Waals surface area contributed by atoms with Crippen LogP contribution >= 0.6 is 11.3 Å². The lowest BCUT2D eigenvalue weighted by Gasteiger charge is -2.23. The number of benzene rings is 2. The summed E-state index contributed by atoms with van der Waals surface area (Å²) in [5.41, 5.74) is 6.02. The van der Waals surface area contributed by atoms with E-state index in [1.807, 2.05) is 0 Å². The molecule has 348 valence electrons. The molecule has 0 radical (unpaired) electrons. The summed E-state index contributed by atoms with van der Waals surface area (Å²) in [5.74, 6) is -6.24. The Balaban J connectivity index is 1.26. The molecule has 0 fully saturated rings. The molecule has 1 aliphatic heterocycles. The topological polar surface area (TPSA) is 221 Å². The lowest BCUT2D eigenvalue weighted by atomic mass is 9.90. The van der Waals surface area contributed by atoms with E-state index in [1.165, 1.54) is 25.2 Å². The zero-order valence-corrected chi connectivity index (χ0v) is 36.9. The Morgan fingerprint density at radius 2 is 1.48 bits per heavy atom. The van der Waals surface area contributed by atoms with Crippen LogP contribution < -0.4 is 30.0 Å². The molecule has 2 heterocycles. The molecule has 1 unspecified atom stereocenters. The van der Waals surface area contributed by atoms with E-state index < -0.39 is 41.3 Å². The number of carbonyl (C=O) groups excluding carboxylic acids is 4. The van der Waals surface area contributed by atoms with Gasteiger partial charge in [0.1, 0.15) is 0 Å². The number of thiophene rings is 1. The summed E-state index contributed by atoms with van der Waals surface area (Å²) < 4.78 is 75.3. The number of ether oxygens (including phenoxy) is 8. The van der Waals surface area contributed by atoms with Crippen LogP contribution in [0.1, 0.15) is 66.8 Å². The van der Waals surface area contributed by atoms with Gasteiger partial charge in [0.15, 0.2) is 40.4 Å². The van der Waals surface area contributed by atoms with Gasteiger partial charge in [-0.1, -0.05) is 6.92 Å². The number of halogens is 2. The Kier molecular flexibility index (Phi) is 20.7. The number of carboxylic acid groups (broad SMARTS) is 1. The molecule has 0 spiro atoms. The van der Waals surface area contributed by atoms with Crippen molar-refractivity contribution in [3.05, 3.63) is 45.8 Å². The van der Waals surface area contributed by atoms with Crippen LogP contribution in [-0.2, 0) is 51.2 Å². The smallest absolute Gasteiger partial charge is 0.307 e. The molecule has 1 aromatic heterocycles. The molecule has 63 heavy (non-hydrogen) atoms. The van der Waals surface area contributed by atoms with Crippen molar-refractivity contribution in [1.29, 1.82) is 0 Å². The van der Waals surface area contributed by atoms with E-state index in [0.29, 0.717) is 43.2 Å². The molecule has 17 nitrogen and oxygen atoms in total. The van der Waals surface area contributed by atoms with E-state index in [4.69, 9.17) is 43.6 Å². The molecule has 1 aliphatic rings. The first kappa shape index (κ1) is 50.5. The van der Waals surface area contributed by atoms with E-state index in [0.717, 1.165) is 11.3 Å². The van der Waals surface area contributed by atoms with Gasteiger partial charge in [-0.3, -0.25) is 24.0 Å². The molecule has 0 aliphatic carbocycles. The van der Waals surface area contributed by atoms with Crippen molar-refractivity contribution in [1.82, 2.24) is 10.2 Å². The monoisotopic (exact) mass is 909 g/mol. The third kappa shape index (κ3) is 14.7. The Labute approximate surface area is 368 Å². The van der Waals surface area contributed by atoms with Crippen LogP contribution in [0.4, 0.5) is 8.78 Å². The normalized spacial score (nSPS) is 13.0. The highest BCUT2D eigenvalue weighted by molar-refractivity contribution is 7.20. The molecular formula is C43H57F2N3O14S. The standard InChI is InChI=1S/C43H57F2N3O14S/c1-5-60-38(52)8-7-31(49)35-20-29-34(63-35)22-33(56-4)42(39(29)44)62-12-6-11-61-41-32(55-3)19-27-24-48(25-30(27)40(41)45)37(51)21-28(43(53)54)26(2)23-47-36(50)9-13-57-15-17-59-18-16-58-14-10-46/h19-20,22,26,28H,5-18,21,23-25,46H2,1-4H3,(H,47,50)(H,53,54)/t26?,28-/m0/s1. The number of nitrogens with one attached hydrogen (secondary N) is 1. The molecule has 2 atom stereocenters. The van der Waals surface area contributed by atoms with Crippen molar-refractivity contribution in [3.63, 3.8) is 0 Å². The largest absolute Gasteiger partial charge is 0.493 e. The molecule has 2 aromatic carbocycles. The molecule has 0 bridgehead atoms. The molecule has 20 heteroatoms. The fraction of sp³-hybridized carbons (Fsp3) is 0.558. The van der Waals surface area contributed by atoms with Gasteiger partial charge in [-0.15, -0.1) is 11.3 Å². The van der Waals surface area contributed by atoms with Gasteiger partial charge in [0.2, 0.25) is 11.8 Å². The predicted molar refractivity (Wildman–Crippen MR) is 225 cm³/mol. The van der Waals surface area contributed by atoms with E-state index >= 15 is 8.78 Å². The van der Waals surface area contributed by atoms with Crippen LogP contribution in [0.5, 0.6) is 23.0 Å². The summed E-state index contributed by atoms with van der Waals surface area (Å²) in [4.78, 5) is 64.0. The number of rotatable bonds is 30. The third-order valence-corrected chi connectivity index (χ3v) is 11.1. The maximum Gasteiger partial charge on any atom is 0.307 e. The van der Waals surface area contributed by atoms with Crippen molar-refractivity contribution in [2.24, 2.45) is 17.6 Å². The number of hydrogen-bond donors (Lipinski definition) is 3. The van der Waals surface area contributed by atoms with Gasteiger partial charge < -0.3 is 59.0 Å². The van der Waals surface area contributed by atoms with Gasteiger partial charge in [-0.25, -0.2) is 8.78 Å². The van der Waals surface area contributed by atoms with Gasteiger partial charge in [0.05, 0.1) is 90.9 Å². The Morgan fingerprint density at radius 3 is 2.11 bits per heavy atom. The van der Waals surface area contributed by atoms with Gasteiger partial charge in [-0.05, 0) is 30.5 Å². The van der Waals surface area contributed by atoms with Crippen LogP contribution in [0.3, 0.4) is 0 Å². The first-order chi connectivity index (χ1) is 30.3. The van der Waals surface area contributed by atoms with Crippen LogP contribution in [-0.4, -0.2) is 126 Å². The number of hydrogen-bond acceptors (Lipinski definition) is 15. The minimum atomic E-state index is -1.20. The first-order valence-electron chi connectivity index (χ1n) is 20.7. The van der Waals surface area contributed by atoms with E-state index in [1.54, 1.807) is 26.0 Å². The number of Topliss-reactive ketones (excluding diaryl/α,β-unsaturated/α-hetero) is 1. The number of esters is 1. The number of methoxy groups -OCH3 is 2. The number of aliphatic carboxylic acids is 1. The van der Waals surface area contributed by atoms with Crippen LogP contribution in [0.25, 0.3) is 10.1 Å². The average molecular weight is 910 g/mol. The summed E-state index contributed by atoms with van der Waals surface area (Å²) in [6, 6.07) is 4.53. The molecule has 0 saturated carbocycles. The fourth-order valence-corrected chi connectivity index (χ4v) is 7.62. The van der Waals surface area contributed by atoms with Crippen molar-refractivity contribution in [2.45, 2.75) is 59.0 Å². The molecule has 2 amide bonds. The van der Waals surface area contributed by atoms with Gasteiger partial charge in [0.25, 0.3) is 0 Å². The highest BCUT2D eigenvalue weighted by atomic mass is 32.1. The van der Waals surface area contributed by atoms with Crippen LogP contribution in [0, 0.1) is 23.5 Å². The lowest BCUT2D eigenvalue weighted by Crippen LogP contribution is -2.37. The van der Waals surface area contributed by atoms with Crippen LogP contribution in [0.2, 0.25) is 0 Å². The highest BCUT2D eigenvalue weighted by Gasteiger charge is 2.34. The summed E-state index contributed by atoms with van der Waals surface area (Å²) in [6.07, 6.45) is -0.311. The maximum atomic E-state index is 16.0. The van der Waals surface area contributed by atoms with Crippen molar-refractivity contribution in [3.8, 4) is 23.0 Å². The molecule has 4 N–H and O–H groups in total. The molecule has 0 saturated heterocycles. The lowest BCUT2D eigenvalue weighted by molar-refractivity contribution is -0.148. The number of nitrogens with two attached hydrogens (primary N) is 1. The zero-order valence-electron chi connectivity index (χ0n) is 36.1. The van der Waals surface area contributed by atoms with Crippen LogP contribution in [0.15, 0.2) is 18.2 Å². The number of carbonyl (C=O) groups is 5. The van der Waals surface area contributed by atoms with Crippen molar-refractivity contribution in [2.75, 3.05) is 86.8 Å².